The van der Waals surface area contributed by atoms with Crippen molar-refractivity contribution in [2.24, 2.45) is 5.73 Å². The average Bonchev–Trinajstić information content (AvgIpc) is 3.24. The van der Waals surface area contributed by atoms with Crippen molar-refractivity contribution < 1.29 is 47.6 Å². The third-order valence-electron chi connectivity index (χ3n) is 6.22. The van der Waals surface area contributed by atoms with Gasteiger partial charge in [0.2, 0.25) is 5.91 Å². The number of nitrogens with one attached hydrogen (secondary N) is 1. The van der Waals surface area contributed by atoms with Crippen LogP contribution in [0.1, 0.15) is 34.2 Å². The van der Waals surface area contributed by atoms with Gasteiger partial charge in [0, 0.05) is 25.7 Å². The van der Waals surface area contributed by atoms with Crippen LogP contribution >= 0.6 is 11.6 Å². The second-order valence-corrected chi connectivity index (χ2v) is 11.1. The van der Waals surface area contributed by atoms with Crippen molar-refractivity contribution >= 4 is 44.6 Å². The summed E-state index contributed by atoms with van der Waals surface area (Å²) in [6.45, 7) is 4.16. The number of hydrogen-bond acceptors (Lipinski definition) is 5. The zero-order chi connectivity index (χ0) is 27.6. The van der Waals surface area contributed by atoms with Crippen molar-refractivity contribution in [3.63, 3.8) is 0 Å². The van der Waals surface area contributed by atoms with E-state index >= 15 is 0 Å². The number of aryl methyl sites for hydroxylation is 2. The molecule has 0 saturated heterocycles. The average molecular weight is 577 g/mol. The van der Waals surface area contributed by atoms with Crippen molar-refractivity contribution in [1.29, 1.82) is 0 Å². The van der Waals surface area contributed by atoms with Gasteiger partial charge >= 0.3 is 35.6 Å². The van der Waals surface area contributed by atoms with Gasteiger partial charge in [-0.15, -0.1) is 0 Å². The van der Waals surface area contributed by atoms with Gasteiger partial charge in [0.25, 0.3) is 10.0 Å². The van der Waals surface area contributed by atoms with Crippen LogP contribution in [0.2, 0.25) is 5.02 Å². The first-order valence-corrected chi connectivity index (χ1v) is 13.8. The summed E-state index contributed by atoms with van der Waals surface area (Å²) in [5.74, 6) is 0.192. The topological polar surface area (TPSA) is 127 Å². The summed E-state index contributed by atoms with van der Waals surface area (Å²) in [7, 11) is -2.41. The molecule has 4 aromatic rings. The van der Waals surface area contributed by atoms with Crippen LogP contribution in [0.3, 0.4) is 0 Å². The number of nitrogens with zero attached hydrogens (tertiary/aromatic N) is 3. The van der Waals surface area contributed by atoms with E-state index in [4.69, 9.17) is 17.3 Å². The van der Waals surface area contributed by atoms with Crippen LogP contribution in [-0.2, 0) is 22.9 Å². The number of carbonyl (C=O) groups is 2. The van der Waals surface area contributed by atoms with Gasteiger partial charge < -0.3 is 10.6 Å². The fraction of sp³-hybridized carbons (Fsp3) is 0.222. The van der Waals surface area contributed by atoms with Crippen LogP contribution in [0, 0.1) is 6.92 Å². The minimum absolute atomic E-state index is 0. The summed E-state index contributed by atoms with van der Waals surface area (Å²) in [6.07, 6.45) is 1.18. The Balaban J connectivity index is 0.00000420. The van der Waals surface area contributed by atoms with E-state index in [0.717, 1.165) is 28.2 Å². The number of hydrogen-bond donors (Lipinski definition) is 2. The van der Waals surface area contributed by atoms with Gasteiger partial charge in [0.1, 0.15) is 5.82 Å². The van der Waals surface area contributed by atoms with E-state index in [9.17, 15) is 18.0 Å². The minimum Gasteiger partial charge on any atom is -0.366 e. The molecule has 0 unspecified atom stereocenters. The number of sulfonamides is 1. The van der Waals surface area contributed by atoms with E-state index < -0.39 is 22.0 Å². The van der Waals surface area contributed by atoms with E-state index in [1.165, 1.54) is 17.0 Å². The largest absolute Gasteiger partial charge is 1.00 e. The number of urea groups is 1. The molecule has 1 aromatic heterocycles. The maximum atomic E-state index is 12.5. The van der Waals surface area contributed by atoms with Gasteiger partial charge in [0.15, 0.2) is 0 Å². The summed E-state index contributed by atoms with van der Waals surface area (Å²) in [5.41, 5.74) is 9.78. The van der Waals surface area contributed by atoms with E-state index in [1.807, 2.05) is 42.7 Å². The molecule has 0 aliphatic heterocycles. The molecule has 4 rings (SSSR count). The van der Waals surface area contributed by atoms with Gasteiger partial charge in [-0.25, -0.2) is 22.9 Å². The number of carbonyl (C=O) groups excluding carboxylic acids is 2. The van der Waals surface area contributed by atoms with Crippen LogP contribution < -0.4 is 40.0 Å². The van der Waals surface area contributed by atoms with Crippen LogP contribution in [0.25, 0.3) is 16.7 Å². The van der Waals surface area contributed by atoms with Gasteiger partial charge in [-0.05, 0) is 55.3 Å². The Morgan fingerprint density at radius 2 is 1.72 bits per heavy atom. The Bertz CT molecular complexity index is 1620. The summed E-state index contributed by atoms with van der Waals surface area (Å²) < 4.78 is 29.1. The molecule has 198 valence electrons. The van der Waals surface area contributed by atoms with Gasteiger partial charge in [-0.2, -0.15) is 0 Å². The molecule has 0 saturated carbocycles. The Labute approximate surface area is 254 Å². The molecule has 3 aromatic carbocycles. The van der Waals surface area contributed by atoms with E-state index in [1.54, 1.807) is 31.3 Å². The van der Waals surface area contributed by atoms with Crippen LogP contribution in [0.4, 0.5) is 4.79 Å². The van der Waals surface area contributed by atoms with Crippen LogP contribution in [0.5, 0.6) is 0 Å². The third-order valence-corrected chi connectivity index (χ3v) is 7.87. The predicted molar refractivity (Wildman–Crippen MR) is 147 cm³/mol. The molecule has 9 nitrogen and oxygen atoms in total. The number of halogens is 1. The van der Waals surface area contributed by atoms with Gasteiger partial charge in [-0.1, -0.05) is 48.4 Å². The van der Waals surface area contributed by atoms with E-state index in [-0.39, 0.29) is 45.0 Å². The summed E-state index contributed by atoms with van der Waals surface area (Å²) in [4.78, 5) is 30.2. The smallest absolute Gasteiger partial charge is 0.366 e. The van der Waals surface area contributed by atoms with E-state index in [0.29, 0.717) is 24.9 Å². The molecule has 3 N–H and O–H groups in total. The SMILES string of the molecule is CCc1nc2cc(C(N)=O)c(Cl)cc2n1-c1ccc(CCN(C)C(=O)NS(=O)(=O)c2ccc(C)cc2)cc1.[Na+]. The summed E-state index contributed by atoms with van der Waals surface area (Å²) in [6, 6.07) is 16.6. The molecule has 0 aliphatic rings. The van der Waals surface area contributed by atoms with Crippen molar-refractivity contribution in [2.75, 3.05) is 13.6 Å². The summed E-state index contributed by atoms with van der Waals surface area (Å²) in [5, 5.41) is 0.260. The van der Waals surface area contributed by atoms with Gasteiger partial charge in [-0.3, -0.25) is 9.36 Å². The fourth-order valence-corrected chi connectivity index (χ4v) is 5.29. The number of rotatable bonds is 8. The normalized spacial score (nSPS) is 11.2. The molecule has 0 radical (unpaired) electrons. The first-order valence-electron chi connectivity index (χ1n) is 11.9. The van der Waals surface area contributed by atoms with Crippen molar-refractivity contribution in [3.05, 3.63) is 88.2 Å². The minimum atomic E-state index is -3.96. The second kappa shape index (κ2) is 12.5. The van der Waals surface area contributed by atoms with E-state index in [2.05, 4.69) is 9.71 Å². The van der Waals surface area contributed by atoms with Crippen LogP contribution in [0.15, 0.2) is 65.6 Å². The number of amides is 3. The van der Waals surface area contributed by atoms with Gasteiger partial charge in [0.05, 0.1) is 26.5 Å². The molecule has 0 bridgehead atoms. The number of primary amides is 1. The molecule has 1 heterocycles. The molecule has 3 amide bonds. The maximum Gasteiger partial charge on any atom is 1.00 e. The predicted octanol–water partition coefficient (Wildman–Crippen LogP) is 1.23. The molecule has 0 fully saturated rings. The molecule has 0 aliphatic carbocycles. The first-order chi connectivity index (χ1) is 18.0. The molecular formula is C27H28ClN5NaO4S+. The van der Waals surface area contributed by atoms with Crippen molar-refractivity contribution in [3.8, 4) is 5.69 Å². The Hall–Kier alpha value is -2.89. The molecular weight excluding hydrogens is 549 g/mol. The number of nitrogens with two attached hydrogens (primary N) is 1. The monoisotopic (exact) mass is 576 g/mol. The quantitative estimate of drug-likeness (QED) is 0.305. The van der Waals surface area contributed by atoms with Crippen molar-refractivity contribution in [1.82, 2.24) is 19.2 Å². The van der Waals surface area contributed by atoms with Crippen molar-refractivity contribution in [2.45, 2.75) is 31.6 Å². The molecule has 12 heteroatoms. The number of imidazole rings is 1. The number of aromatic nitrogens is 2. The number of benzene rings is 3. The molecule has 0 atom stereocenters. The Morgan fingerprint density at radius 3 is 2.31 bits per heavy atom. The maximum absolute atomic E-state index is 12.5. The molecule has 0 spiro atoms. The second-order valence-electron chi connectivity index (χ2n) is 8.96. The fourth-order valence-electron chi connectivity index (χ4n) is 4.04. The summed E-state index contributed by atoms with van der Waals surface area (Å²) >= 11 is 6.30. The van der Waals surface area contributed by atoms with Crippen LogP contribution in [-0.4, -0.2) is 48.4 Å². The zero-order valence-electron chi connectivity index (χ0n) is 22.2. The third kappa shape index (κ3) is 6.82. The number of fused-ring (bicyclic) bond motifs is 1. The number of likely N-dealkylation sites (N-methyl/N-ethyl adjacent to an activating group) is 1. The Kier molecular flexibility index (Phi) is 9.84. The standard InChI is InChI=1S/C27H28ClN5O4S.Na/c1-4-25-30-23-15-21(26(29)34)22(28)16-24(23)33(25)19-9-7-18(8-10-19)13-14-32(3)27(35)31-38(36,37)20-11-5-17(2)6-12-20;/h5-12,15-16H,4,13-14H2,1-3H3,(H2,29,34)(H,31,35);/q;+1. The first kappa shape index (κ1) is 30.6. The Morgan fingerprint density at radius 1 is 1.08 bits per heavy atom. The zero-order valence-corrected chi connectivity index (χ0v) is 25.8. The molecule has 39 heavy (non-hydrogen) atoms.